The fourth-order valence-corrected chi connectivity index (χ4v) is 4.11. The van der Waals surface area contributed by atoms with Crippen LogP contribution in [-0.4, -0.2) is 96.1 Å². The molecule has 0 aliphatic carbocycles. The van der Waals surface area contributed by atoms with Gasteiger partial charge in [-0.15, -0.1) is 0 Å². The van der Waals surface area contributed by atoms with Crippen molar-refractivity contribution in [3.8, 4) is 5.75 Å². The SMILES string of the molecule is CCN1CCN(C(=O)N[C@@H](C(=O)NC2CN(S(=O)(=O)[O-])C2=O)c2ccc(OC)cc2)C(=O)C1=O.[Na+]. The van der Waals surface area contributed by atoms with Crippen LogP contribution in [0.15, 0.2) is 24.3 Å². The van der Waals surface area contributed by atoms with Gasteiger partial charge in [0.2, 0.25) is 5.91 Å². The molecule has 2 fully saturated rings. The van der Waals surface area contributed by atoms with Crippen LogP contribution < -0.4 is 44.9 Å². The summed E-state index contributed by atoms with van der Waals surface area (Å²) >= 11 is 0. The van der Waals surface area contributed by atoms with Gasteiger partial charge in [-0.1, -0.05) is 12.1 Å². The van der Waals surface area contributed by atoms with Crippen LogP contribution in [0.4, 0.5) is 4.79 Å². The van der Waals surface area contributed by atoms with Crippen molar-refractivity contribution >= 4 is 40.0 Å². The fraction of sp³-hybridized carbons (Fsp3) is 0.421. The Kier molecular flexibility index (Phi) is 9.24. The third-order valence-electron chi connectivity index (χ3n) is 5.39. The van der Waals surface area contributed by atoms with E-state index in [-0.39, 0.29) is 52.5 Å². The van der Waals surface area contributed by atoms with Gasteiger partial charge in [0.1, 0.15) is 17.8 Å². The van der Waals surface area contributed by atoms with E-state index in [2.05, 4.69) is 10.6 Å². The van der Waals surface area contributed by atoms with E-state index in [4.69, 9.17) is 4.74 Å². The first kappa shape index (κ1) is 28.5. The van der Waals surface area contributed by atoms with Crippen molar-refractivity contribution in [1.29, 1.82) is 0 Å². The molecule has 0 aromatic heterocycles. The molecule has 16 heteroatoms. The summed E-state index contributed by atoms with van der Waals surface area (Å²) in [6.07, 6.45) is 0. The molecule has 1 aromatic rings. The third kappa shape index (κ3) is 6.10. The summed E-state index contributed by atoms with van der Waals surface area (Å²) in [5.41, 5.74) is 0.248. The van der Waals surface area contributed by atoms with E-state index in [9.17, 15) is 36.9 Å². The van der Waals surface area contributed by atoms with Gasteiger partial charge in [0, 0.05) is 19.6 Å². The van der Waals surface area contributed by atoms with Crippen molar-refractivity contribution in [2.24, 2.45) is 0 Å². The van der Waals surface area contributed by atoms with Crippen molar-refractivity contribution in [2.45, 2.75) is 19.0 Å². The zero-order valence-electron chi connectivity index (χ0n) is 19.2. The van der Waals surface area contributed by atoms with Crippen LogP contribution in [0.25, 0.3) is 0 Å². The third-order valence-corrected chi connectivity index (χ3v) is 6.26. The molecule has 2 aliphatic rings. The maximum Gasteiger partial charge on any atom is 1.00 e. The number of urea groups is 1. The van der Waals surface area contributed by atoms with Gasteiger partial charge < -0.3 is 24.8 Å². The van der Waals surface area contributed by atoms with Crippen LogP contribution in [0.2, 0.25) is 0 Å². The summed E-state index contributed by atoms with van der Waals surface area (Å²) in [4.78, 5) is 64.1. The monoisotopic (exact) mass is 519 g/mol. The van der Waals surface area contributed by atoms with Crippen molar-refractivity contribution in [3.05, 3.63) is 29.8 Å². The number of nitrogens with one attached hydrogen (secondary N) is 2. The van der Waals surface area contributed by atoms with Crippen LogP contribution in [0, 0.1) is 0 Å². The Bertz CT molecular complexity index is 1130. The zero-order valence-corrected chi connectivity index (χ0v) is 22.0. The van der Waals surface area contributed by atoms with Crippen LogP contribution in [0.5, 0.6) is 5.75 Å². The second-order valence-corrected chi connectivity index (χ2v) is 8.68. The average Bonchev–Trinajstić information content (AvgIpc) is 2.80. The zero-order chi connectivity index (χ0) is 25.2. The van der Waals surface area contributed by atoms with Gasteiger partial charge >= 0.3 is 47.4 Å². The molecule has 2 N–H and O–H groups in total. The first-order valence-electron chi connectivity index (χ1n) is 10.1. The van der Waals surface area contributed by atoms with E-state index in [0.717, 1.165) is 0 Å². The van der Waals surface area contributed by atoms with E-state index >= 15 is 0 Å². The summed E-state index contributed by atoms with van der Waals surface area (Å²) in [5, 5.41) is 4.65. The molecule has 14 nitrogen and oxygen atoms in total. The summed E-state index contributed by atoms with van der Waals surface area (Å²) < 4.78 is 38.1. The summed E-state index contributed by atoms with van der Waals surface area (Å²) in [5.74, 6) is -3.46. The molecule has 0 radical (unpaired) electrons. The van der Waals surface area contributed by atoms with Crippen molar-refractivity contribution < 1.29 is 71.2 Å². The second kappa shape index (κ2) is 11.3. The second-order valence-electron chi connectivity index (χ2n) is 7.39. The number of likely N-dealkylation sites (N-methyl/N-ethyl adjacent to an activating group) is 1. The van der Waals surface area contributed by atoms with Crippen molar-refractivity contribution in [2.75, 3.05) is 33.3 Å². The molecule has 0 bridgehead atoms. The Hall–Kier alpha value is -2.72. The maximum absolute atomic E-state index is 12.9. The Morgan fingerprint density at radius 1 is 1.14 bits per heavy atom. The Morgan fingerprint density at radius 3 is 2.29 bits per heavy atom. The predicted molar refractivity (Wildman–Crippen MR) is 112 cm³/mol. The van der Waals surface area contributed by atoms with Gasteiger partial charge in [0.25, 0.3) is 5.91 Å². The predicted octanol–water partition coefficient (Wildman–Crippen LogP) is -5.07. The maximum atomic E-state index is 12.9. The quantitative estimate of drug-likeness (QED) is 0.154. The molecular weight excluding hydrogens is 497 g/mol. The molecule has 2 aliphatic heterocycles. The van der Waals surface area contributed by atoms with Crippen molar-refractivity contribution in [1.82, 2.24) is 24.7 Å². The molecule has 35 heavy (non-hydrogen) atoms. The van der Waals surface area contributed by atoms with E-state index in [0.29, 0.717) is 17.2 Å². The first-order chi connectivity index (χ1) is 16.0. The van der Waals surface area contributed by atoms with Crippen LogP contribution >= 0.6 is 0 Å². The Labute approximate surface area is 223 Å². The molecule has 1 unspecified atom stereocenters. The van der Waals surface area contributed by atoms with Gasteiger partial charge in [0.05, 0.1) is 13.7 Å². The molecule has 0 saturated carbocycles. The Balaban J connectivity index is 0.00000432. The Morgan fingerprint density at radius 2 is 1.77 bits per heavy atom. The van der Waals surface area contributed by atoms with E-state index < -0.39 is 58.6 Å². The topological polar surface area (TPSA) is 186 Å². The van der Waals surface area contributed by atoms with E-state index in [1.165, 1.54) is 36.3 Å². The first-order valence-corrected chi connectivity index (χ1v) is 11.5. The number of ether oxygens (including phenoxy) is 1. The largest absolute Gasteiger partial charge is 1.00 e. The van der Waals surface area contributed by atoms with Crippen LogP contribution in [0.3, 0.4) is 0 Å². The number of amides is 6. The molecule has 2 heterocycles. The molecule has 2 atom stereocenters. The number of carbonyl (C=O) groups excluding carboxylic acids is 5. The minimum Gasteiger partial charge on any atom is -0.731 e. The number of hydrogen-bond donors (Lipinski definition) is 2. The van der Waals surface area contributed by atoms with E-state index in [1.807, 2.05) is 0 Å². The molecule has 0 spiro atoms. The number of β-lactam (4-membered cyclic amide) rings is 1. The number of rotatable bonds is 7. The summed E-state index contributed by atoms with van der Waals surface area (Å²) in [7, 11) is -3.57. The molecule has 6 amide bonds. The van der Waals surface area contributed by atoms with Crippen LogP contribution in [0.1, 0.15) is 18.5 Å². The molecule has 184 valence electrons. The van der Waals surface area contributed by atoms with Gasteiger partial charge in [-0.3, -0.25) is 24.1 Å². The standard InChI is InChI=1S/C19H23N5O9S.Na/c1-3-22-8-9-23(18(28)17(22)27)19(29)21-14(11-4-6-12(33-2)7-5-11)15(25)20-13-10-24(16(13)26)34(30,31)32;/h4-7,13-14H,3,8-10H2,1-2H3,(H,20,25)(H,21,29)(H,30,31,32);/q;+1/p-1/t13?,14-;/m1./s1. The van der Waals surface area contributed by atoms with Gasteiger partial charge in [0.15, 0.2) is 10.3 Å². The van der Waals surface area contributed by atoms with Gasteiger partial charge in [-0.2, -0.15) is 0 Å². The molecule has 1 aromatic carbocycles. The number of hydrogen-bond acceptors (Lipinski definition) is 9. The van der Waals surface area contributed by atoms with Crippen LogP contribution in [-0.2, 0) is 29.5 Å². The molecule has 2 saturated heterocycles. The summed E-state index contributed by atoms with van der Waals surface area (Å²) in [6, 6.07) is 2.23. The number of benzene rings is 1. The number of methoxy groups -OCH3 is 1. The van der Waals surface area contributed by atoms with Gasteiger partial charge in [-0.05, 0) is 24.6 Å². The average molecular weight is 519 g/mol. The summed E-state index contributed by atoms with van der Waals surface area (Å²) in [6.45, 7) is 1.47. The fourth-order valence-electron chi connectivity index (χ4n) is 3.43. The number of nitrogens with zero attached hydrogens (tertiary/aromatic N) is 3. The number of piperazine rings is 1. The van der Waals surface area contributed by atoms with Gasteiger partial charge in [-0.25, -0.2) is 17.5 Å². The van der Waals surface area contributed by atoms with E-state index in [1.54, 1.807) is 6.92 Å². The van der Waals surface area contributed by atoms with Crippen molar-refractivity contribution in [3.63, 3.8) is 0 Å². The molecule has 3 rings (SSSR count). The minimum absolute atomic E-state index is 0. The normalized spacial score (nSPS) is 18.9. The minimum atomic E-state index is -5.00. The smallest absolute Gasteiger partial charge is 0.731 e. The number of carbonyl (C=O) groups is 5. The number of imide groups is 1. The molecular formula is C19H22N5NaO9S.